The van der Waals surface area contributed by atoms with Crippen LogP contribution in [-0.2, 0) is 16.6 Å². The van der Waals surface area contributed by atoms with Crippen molar-refractivity contribution in [1.82, 2.24) is 4.31 Å². The van der Waals surface area contributed by atoms with Crippen LogP contribution < -0.4 is 5.73 Å². The van der Waals surface area contributed by atoms with Gasteiger partial charge >= 0.3 is 5.76 Å². The molecule has 4 nitrogen and oxygen atoms in total. The highest BCUT2D eigenvalue weighted by atomic mass is 32.2. The van der Waals surface area contributed by atoms with E-state index in [-0.39, 0.29) is 19.6 Å². The van der Waals surface area contributed by atoms with Gasteiger partial charge in [-0.1, -0.05) is 30.3 Å². The molecular weight excluding hydrogens is 262 g/mol. The second-order valence-electron chi connectivity index (χ2n) is 3.77. The molecule has 0 bridgehead atoms. The number of halogens is 2. The predicted octanol–water partition coefficient (Wildman–Crippen LogP) is 1.39. The molecule has 0 atom stereocenters. The molecule has 0 aliphatic heterocycles. The molecule has 0 saturated carbocycles. The van der Waals surface area contributed by atoms with E-state index in [9.17, 15) is 17.2 Å². The van der Waals surface area contributed by atoms with Crippen LogP contribution in [0.5, 0.6) is 0 Å². The van der Waals surface area contributed by atoms with E-state index in [2.05, 4.69) is 0 Å². The van der Waals surface area contributed by atoms with Crippen molar-refractivity contribution in [2.45, 2.75) is 18.7 Å². The summed E-state index contributed by atoms with van der Waals surface area (Å²) >= 11 is 0. The van der Waals surface area contributed by atoms with Crippen LogP contribution in [0.15, 0.2) is 30.3 Å². The van der Waals surface area contributed by atoms with Crippen molar-refractivity contribution < 1.29 is 17.2 Å². The minimum absolute atomic E-state index is 0.00192. The van der Waals surface area contributed by atoms with E-state index in [1.165, 1.54) is 0 Å². The standard InChI is InChI=1S/C11H16F2N2O2S/c12-11(13)18(16,17)15(8-4-7-14)9-10-5-2-1-3-6-10/h1-3,5-6,11H,4,7-9,14H2. The zero-order chi connectivity index (χ0) is 13.6. The summed E-state index contributed by atoms with van der Waals surface area (Å²) in [5.74, 6) is -3.40. The Morgan fingerprint density at radius 2 is 1.83 bits per heavy atom. The van der Waals surface area contributed by atoms with E-state index in [1.54, 1.807) is 30.3 Å². The minimum Gasteiger partial charge on any atom is -0.330 e. The highest BCUT2D eigenvalue weighted by molar-refractivity contribution is 7.89. The van der Waals surface area contributed by atoms with Crippen molar-refractivity contribution in [2.24, 2.45) is 5.73 Å². The van der Waals surface area contributed by atoms with E-state index < -0.39 is 15.8 Å². The molecule has 7 heteroatoms. The predicted molar refractivity (Wildman–Crippen MR) is 65.4 cm³/mol. The smallest absolute Gasteiger partial charge is 0.330 e. The van der Waals surface area contributed by atoms with Crippen LogP contribution in [0.3, 0.4) is 0 Å². The van der Waals surface area contributed by atoms with Gasteiger partial charge in [-0.3, -0.25) is 0 Å². The summed E-state index contributed by atoms with van der Waals surface area (Å²) in [5, 5.41) is 0. The van der Waals surface area contributed by atoms with Crippen molar-refractivity contribution >= 4 is 10.0 Å². The van der Waals surface area contributed by atoms with E-state index in [0.717, 1.165) is 4.31 Å². The lowest BCUT2D eigenvalue weighted by atomic mass is 10.2. The average molecular weight is 278 g/mol. The van der Waals surface area contributed by atoms with Crippen LogP contribution in [0, 0.1) is 0 Å². The van der Waals surface area contributed by atoms with Crippen molar-refractivity contribution in [3.8, 4) is 0 Å². The van der Waals surface area contributed by atoms with Crippen molar-refractivity contribution in [3.05, 3.63) is 35.9 Å². The number of hydrogen-bond acceptors (Lipinski definition) is 3. The van der Waals surface area contributed by atoms with Gasteiger partial charge in [0, 0.05) is 13.1 Å². The summed E-state index contributed by atoms with van der Waals surface area (Å²) in [6.07, 6.45) is 0.346. The molecule has 0 saturated heterocycles. The lowest BCUT2D eigenvalue weighted by Crippen LogP contribution is -2.36. The quantitative estimate of drug-likeness (QED) is 0.819. The van der Waals surface area contributed by atoms with Crippen LogP contribution >= 0.6 is 0 Å². The Morgan fingerprint density at radius 1 is 1.22 bits per heavy atom. The Kier molecular flexibility index (Phi) is 5.64. The molecule has 1 rings (SSSR count). The van der Waals surface area contributed by atoms with Gasteiger partial charge < -0.3 is 5.73 Å². The van der Waals surface area contributed by atoms with E-state index in [0.29, 0.717) is 12.0 Å². The third-order valence-corrected chi connectivity index (χ3v) is 3.88. The maximum Gasteiger partial charge on any atom is 0.350 e. The van der Waals surface area contributed by atoms with Crippen molar-refractivity contribution in [2.75, 3.05) is 13.1 Å². The summed E-state index contributed by atoms with van der Waals surface area (Å²) in [7, 11) is -4.56. The highest BCUT2D eigenvalue weighted by Crippen LogP contribution is 2.16. The Balaban J connectivity index is 2.86. The Bertz CT molecular complexity index is 451. The number of benzene rings is 1. The summed E-state index contributed by atoms with van der Waals surface area (Å²) < 4.78 is 48.8. The number of hydrogen-bond donors (Lipinski definition) is 1. The van der Waals surface area contributed by atoms with Gasteiger partial charge in [0.05, 0.1) is 0 Å². The molecule has 0 fully saturated rings. The zero-order valence-electron chi connectivity index (χ0n) is 9.80. The van der Waals surface area contributed by atoms with Gasteiger partial charge in [0.25, 0.3) is 10.0 Å². The topological polar surface area (TPSA) is 63.4 Å². The lowest BCUT2D eigenvalue weighted by Gasteiger charge is -2.21. The molecule has 0 spiro atoms. The molecule has 0 aromatic heterocycles. The SMILES string of the molecule is NCCCN(Cc1ccccc1)S(=O)(=O)C(F)F. The Hall–Kier alpha value is -1.05. The molecule has 0 heterocycles. The first-order valence-corrected chi connectivity index (χ1v) is 7.00. The lowest BCUT2D eigenvalue weighted by molar-refractivity contribution is 0.217. The number of rotatable bonds is 7. The van der Waals surface area contributed by atoms with Gasteiger partial charge in [-0.2, -0.15) is 13.1 Å². The molecule has 1 aromatic rings. The van der Waals surface area contributed by atoms with Crippen LogP contribution in [0.2, 0.25) is 0 Å². The van der Waals surface area contributed by atoms with E-state index in [1.807, 2.05) is 0 Å². The maximum atomic E-state index is 12.5. The summed E-state index contributed by atoms with van der Waals surface area (Å²) in [5.41, 5.74) is 5.95. The molecule has 0 aliphatic carbocycles. The van der Waals surface area contributed by atoms with Crippen LogP contribution in [0.4, 0.5) is 8.78 Å². The molecule has 0 radical (unpaired) electrons. The Morgan fingerprint density at radius 3 is 2.33 bits per heavy atom. The van der Waals surface area contributed by atoms with Gasteiger partial charge in [0.1, 0.15) is 0 Å². The summed E-state index contributed by atoms with van der Waals surface area (Å²) in [6.45, 7) is 0.190. The number of sulfonamides is 1. The molecule has 1 aromatic carbocycles. The van der Waals surface area contributed by atoms with Crippen molar-refractivity contribution in [1.29, 1.82) is 0 Å². The molecule has 0 amide bonds. The second kappa shape index (κ2) is 6.77. The second-order valence-corrected chi connectivity index (χ2v) is 5.67. The molecule has 2 N–H and O–H groups in total. The molecule has 102 valence electrons. The van der Waals surface area contributed by atoms with Crippen LogP contribution in [0.25, 0.3) is 0 Å². The summed E-state index contributed by atoms with van der Waals surface area (Å²) in [6, 6.07) is 8.61. The number of alkyl halides is 2. The Labute approximate surface area is 105 Å². The molecular formula is C11H16F2N2O2S. The first-order valence-electron chi connectivity index (χ1n) is 5.49. The largest absolute Gasteiger partial charge is 0.350 e. The van der Waals surface area contributed by atoms with Crippen LogP contribution in [0.1, 0.15) is 12.0 Å². The van der Waals surface area contributed by atoms with Gasteiger partial charge in [0.2, 0.25) is 0 Å². The fourth-order valence-corrected chi connectivity index (χ4v) is 2.40. The number of nitrogens with zero attached hydrogens (tertiary/aromatic N) is 1. The minimum atomic E-state index is -4.56. The number of nitrogens with two attached hydrogens (primary N) is 1. The maximum absolute atomic E-state index is 12.5. The van der Waals surface area contributed by atoms with Crippen LogP contribution in [-0.4, -0.2) is 31.6 Å². The van der Waals surface area contributed by atoms with E-state index >= 15 is 0 Å². The fourth-order valence-electron chi connectivity index (χ4n) is 1.46. The highest BCUT2D eigenvalue weighted by Gasteiger charge is 2.31. The van der Waals surface area contributed by atoms with Gasteiger partial charge in [-0.15, -0.1) is 0 Å². The third kappa shape index (κ3) is 4.01. The average Bonchev–Trinajstić information content (AvgIpc) is 2.35. The summed E-state index contributed by atoms with van der Waals surface area (Å²) in [4.78, 5) is 0. The van der Waals surface area contributed by atoms with E-state index in [4.69, 9.17) is 5.73 Å². The van der Waals surface area contributed by atoms with Gasteiger partial charge in [0.15, 0.2) is 0 Å². The van der Waals surface area contributed by atoms with Crippen molar-refractivity contribution in [3.63, 3.8) is 0 Å². The fraction of sp³-hybridized carbons (Fsp3) is 0.455. The zero-order valence-corrected chi connectivity index (χ0v) is 10.6. The monoisotopic (exact) mass is 278 g/mol. The normalized spacial score (nSPS) is 12.3. The van der Waals surface area contributed by atoms with Gasteiger partial charge in [-0.05, 0) is 18.5 Å². The molecule has 18 heavy (non-hydrogen) atoms. The van der Waals surface area contributed by atoms with Gasteiger partial charge in [-0.25, -0.2) is 8.42 Å². The first-order chi connectivity index (χ1) is 8.48. The first kappa shape index (κ1) is 15.0. The third-order valence-electron chi connectivity index (χ3n) is 2.40. The molecule has 0 unspecified atom stereocenters. The molecule has 0 aliphatic rings.